The molecular formula is C15H18F2N4O2S. The zero-order valence-corrected chi connectivity index (χ0v) is 14.0. The molecule has 4 N–H and O–H groups in total. The lowest BCUT2D eigenvalue weighted by atomic mass is 10.1. The number of sulfonamides is 1. The molecule has 0 aliphatic rings. The molecule has 9 heteroatoms. The fraction of sp³-hybridized carbons (Fsp3) is 0.267. The number of nitrogens with zero attached hydrogens (tertiary/aromatic N) is 1. The Morgan fingerprint density at radius 2 is 1.92 bits per heavy atom. The molecule has 0 fully saturated rings. The summed E-state index contributed by atoms with van der Waals surface area (Å²) < 4.78 is 53.0. The maximum Gasteiger partial charge on any atom is 0.264 e. The number of aromatic nitrogens is 1. The lowest BCUT2D eigenvalue weighted by molar-refractivity contribution is 0.551. The first kappa shape index (κ1) is 18.1. The lowest BCUT2D eigenvalue weighted by Crippen LogP contribution is -2.39. The van der Waals surface area contributed by atoms with Crippen LogP contribution in [0.5, 0.6) is 0 Å². The molecule has 0 saturated carbocycles. The quantitative estimate of drug-likeness (QED) is 0.738. The summed E-state index contributed by atoms with van der Waals surface area (Å²) in [5.74, 6) is -1.51. The van der Waals surface area contributed by atoms with E-state index in [0.717, 1.165) is 12.1 Å². The maximum absolute atomic E-state index is 13.6. The second-order valence-electron chi connectivity index (χ2n) is 5.83. The van der Waals surface area contributed by atoms with Gasteiger partial charge in [-0.05, 0) is 38.1 Å². The highest BCUT2D eigenvalue weighted by Gasteiger charge is 2.20. The number of nitrogens with one attached hydrogen (secondary N) is 2. The average Bonchev–Trinajstić information content (AvgIpc) is 2.48. The van der Waals surface area contributed by atoms with Crippen LogP contribution in [-0.2, 0) is 10.0 Å². The molecule has 1 heterocycles. The second kappa shape index (κ2) is 6.70. The van der Waals surface area contributed by atoms with Gasteiger partial charge in [-0.2, -0.15) is 0 Å². The van der Waals surface area contributed by atoms with Gasteiger partial charge in [-0.1, -0.05) is 0 Å². The first-order chi connectivity index (χ1) is 11.1. The van der Waals surface area contributed by atoms with E-state index >= 15 is 0 Å². The zero-order chi connectivity index (χ0) is 18.0. The molecule has 24 heavy (non-hydrogen) atoms. The molecule has 1 aromatic heterocycles. The third kappa shape index (κ3) is 4.39. The molecular weight excluding hydrogens is 338 g/mol. The van der Waals surface area contributed by atoms with E-state index in [2.05, 4.69) is 15.0 Å². The number of hydrogen-bond donors (Lipinski definition) is 3. The number of rotatable bonds is 6. The van der Waals surface area contributed by atoms with Gasteiger partial charge < -0.3 is 11.1 Å². The van der Waals surface area contributed by atoms with Gasteiger partial charge >= 0.3 is 0 Å². The van der Waals surface area contributed by atoms with E-state index in [1.165, 1.54) is 12.3 Å². The van der Waals surface area contributed by atoms with Crippen molar-refractivity contribution in [2.75, 3.05) is 16.6 Å². The van der Waals surface area contributed by atoms with E-state index in [1.54, 1.807) is 6.07 Å². The third-order valence-electron chi connectivity index (χ3n) is 3.18. The molecule has 0 bridgehead atoms. The number of hydrogen-bond acceptors (Lipinski definition) is 5. The fourth-order valence-electron chi connectivity index (χ4n) is 1.83. The summed E-state index contributed by atoms with van der Waals surface area (Å²) in [6, 6.07) is 5.28. The van der Waals surface area contributed by atoms with Gasteiger partial charge in [0.2, 0.25) is 0 Å². The van der Waals surface area contributed by atoms with Crippen molar-refractivity contribution in [3.63, 3.8) is 0 Å². The molecule has 0 amide bonds. The van der Waals surface area contributed by atoms with Gasteiger partial charge in [-0.25, -0.2) is 22.2 Å². The van der Waals surface area contributed by atoms with Crippen molar-refractivity contribution < 1.29 is 17.2 Å². The van der Waals surface area contributed by atoms with Crippen LogP contribution in [0.3, 0.4) is 0 Å². The van der Waals surface area contributed by atoms with Crippen molar-refractivity contribution in [2.24, 2.45) is 5.73 Å². The van der Waals surface area contributed by atoms with Crippen LogP contribution >= 0.6 is 0 Å². The molecule has 2 rings (SSSR count). The molecule has 130 valence electrons. The first-order valence-electron chi connectivity index (χ1n) is 7.05. The lowest BCUT2D eigenvalue weighted by Gasteiger charge is -2.24. The Balaban J connectivity index is 2.18. The van der Waals surface area contributed by atoms with Gasteiger partial charge in [0.15, 0.2) is 0 Å². The molecule has 2 aromatic rings. The van der Waals surface area contributed by atoms with Gasteiger partial charge in [-0.15, -0.1) is 0 Å². The third-order valence-corrected chi connectivity index (χ3v) is 4.59. The molecule has 0 aliphatic carbocycles. The Morgan fingerprint density at radius 3 is 2.46 bits per heavy atom. The normalized spacial score (nSPS) is 12.0. The maximum atomic E-state index is 13.6. The minimum Gasteiger partial charge on any atom is -0.364 e. The van der Waals surface area contributed by atoms with Crippen LogP contribution in [0.15, 0.2) is 41.4 Å². The van der Waals surface area contributed by atoms with Crippen LogP contribution in [0.4, 0.5) is 20.3 Å². The number of nitrogens with two attached hydrogens (primary N) is 1. The van der Waals surface area contributed by atoms with Crippen LogP contribution in [-0.4, -0.2) is 25.5 Å². The molecule has 0 spiro atoms. The van der Waals surface area contributed by atoms with Crippen molar-refractivity contribution in [1.29, 1.82) is 0 Å². The van der Waals surface area contributed by atoms with E-state index < -0.39 is 26.6 Å². The monoisotopic (exact) mass is 356 g/mol. The molecule has 0 unspecified atom stereocenters. The van der Waals surface area contributed by atoms with Crippen molar-refractivity contribution >= 4 is 21.5 Å². The smallest absolute Gasteiger partial charge is 0.264 e. The van der Waals surface area contributed by atoms with Crippen molar-refractivity contribution in [3.05, 3.63) is 48.2 Å². The summed E-state index contributed by atoms with van der Waals surface area (Å²) in [6.45, 7) is 4.16. The summed E-state index contributed by atoms with van der Waals surface area (Å²) in [4.78, 5) is 3.44. The molecule has 0 radical (unpaired) electrons. The Bertz CT molecular complexity index is 824. The summed E-state index contributed by atoms with van der Waals surface area (Å²) in [5.41, 5.74) is 5.39. The standard InChI is InChI=1S/C15H18F2N4O2S/c1-15(2,9-18)20-14-6-4-11(8-19-14)21-24(22,23)13-5-3-10(16)7-12(13)17/h3-8,21H,9,18H2,1-2H3,(H,19,20). The largest absolute Gasteiger partial charge is 0.364 e. The Morgan fingerprint density at radius 1 is 1.21 bits per heavy atom. The highest BCUT2D eigenvalue weighted by molar-refractivity contribution is 7.92. The van der Waals surface area contributed by atoms with E-state index in [9.17, 15) is 17.2 Å². The highest BCUT2D eigenvalue weighted by Crippen LogP contribution is 2.20. The number of halogens is 2. The molecule has 0 atom stereocenters. The topological polar surface area (TPSA) is 97.1 Å². The van der Waals surface area contributed by atoms with Crippen LogP contribution in [0, 0.1) is 11.6 Å². The van der Waals surface area contributed by atoms with Gasteiger partial charge in [-0.3, -0.25) is 4.72 Å². The Labute approximate surface area is 139 Å². The van der Waals surface area contributed by atoms with Crippen LogP contribution < -0.4 is 15.8 Å². The van der Waals surface area contributed by atoms with Crippen LogP contribution in [0.2, 0.25) is 0 Å². The van der Waals surface area contributed by atoms with Crippen LogP contribution in [0.1, 0.15) is 13.8 Å². The second-order valence-corrected chi connectivity index (χ2v) is 7.48. The van der Waals surface area contributed by atoms with Gasteiger partial charge in [0.1, 0.15) is 22.3 Å². The number of benzene rings is 1. The molecule has 0 saturated heterocycles. The number of pyridine rings is 1. The summed E-state index contributed by atoms with van der Waals surface area (Å²) in [6.07, 6.45) is 1.29. The predicted molar refractivity (Wildman–Crippen MR) is 88.2 cm³/mol. The van der Waals surface area contributed by atoms with E-state index in [4.69, 9.17) is 5.73 Å². The van der Waals surface area contributed by atoms with Crippen molar-refractivity contribution in [1.82, 2.24) is 4.98 Å². The van der Waals surface area contributed by atoms with E-state index in [-0.39, 0.29) is 11.2 Å². The minimum absolute atomic E-state index is 0.148. The van der Waals surface area contributed by atoms with Crippen LogP contribution in [0.25, 0.3) is 0 Å². The Kier molecular flexibility index (Phi) is 5.05. The summed E-state index contributed by atoms with van der Waals surface area (Å²) >= 11 is 0. The average molecular weight is 356 g/mol. The molecule has 6 nitrogen and oxygen atoms in total. The number of anilines is 2. The fourth-order valence-corrected chi connectivity index (χ4v) is 2.93. The summed E-state index contributed by atoms with van der Waals surface area (Å²) in [5, 5.41) is 3.09. The van der Waals surface area contributed by atoms with Gasteiger partial charge in [0, 0.05) is 18.2 Å². The highest BCUT2D eigenvalue weighted by atomic mass is 32.2. The molecule has 0 aliphatic heterocycles. The SMILES string of the molecule is CC(C)(CN)Nc1ccc(NS(=O)(=O)c2ccc(F)cc2F)cn1. The summed E-state index contributed by atoms with van der Waals surface area (Å²) in [7, 11) is -4.19. The zero-order valence-electron chi connectivity index (χ0n) is 13.2. The van der Waals surface area contributed by atoms with Crippen molar-refractivity contribution in [3.8, 4) is 0 Å². The predicted octanol–water partition coefficient (Wildman–Crippen LogP) is 2.31. The Hall–Kier alpha value is -2.26. The van der Waals surface area contributed by atoms with E-state index in [0.29, 0.717) is 18.4 Å². The molecule has 1 aromatic carbocycles. The van der Waals surface area contributed by atoms with Gasteiger partial charge in [0.05, 0.1) is 11.9 Å². The first-order valence-corrected chi connectivity index (χ1v) is 8.53. The van der Waals surface area contributed by atoms with E-state index in [1.807, 2.05) is 13.8 Å². The van der Waals surface area contributed by atoms with Crippen molar-refractivity contribution in [2.45, 2.75) is 24.3 Å². The minimum atomic E-state index is -4.19. The van der Waals surface area contributed by atoms with Gasteiger partial charge in [0.25, 0.3) is 10.0 Å².